The van der Waals surface area contributed by atoms with Crippen molar-refractivity contribution in [2.45, 2.75) is 6.92 Å². The molecule has 0 bridgehead atoms. The van der Waals surface area contributed by atoms with Crippen LogP contribution in [0.1, 0.15) is 6.92 Å². The lowest BCUT2D eigenvalue weighted by atomic mass is 10.3. The van der Waals surface area contributed by atoms with Crippen LogP contribution in [-0.2, 0) is 0 Å². The number of hydrogen-bond donors (Lipinski definition) is 1. The van der Waals surface area contributed by atoms with Gasteiger partial charge >= 0.3 is 0 Å². The fraction of sp³-hybridized carbons (Fsp3) is 0.250. The molecule has 2 heteroatoms. The second-order valence-corrected chi connectivity index (χ2v) is 1.92. The highest BCUT2D eigenvalue weighted by atomic mass is 19.1. The van der Waals surface area contributed by atoms with Crippen LogP contribution in [0.3, 0.4) is 0 Å². The Morgan fingerprint density at radius 3 is 3.10 bits per heavy atom. The molecule has 0 fully saturated rings. The highest BCUT2D eigenvalue weighted by Gasteiger charge is 1.95. The first kappa shape index (κ1) is 7.06. The summed E-state index contributed by atoms with van der Waals surface area (Å²) < 4.78 is 12.7. The van der Waals surface area contributed by atoms with Crippen LogP contribution >= 0.6 is 0 Å². The highest BCUT2D eigenvalue weighted by molar-refractivity contribution is 5.42. The molecule has 0 amide bonds. The van der Waals surface area contributed by atoms with Crippen molar-refractivity contribution in [3.8, 4) is 0 Å². The fourth-order valence-corrected chi connectivity index (χ4v) is 0.729. The molecule has 0 aliphatic heterocycles. The third-order valence-corrected chi connectivity index (χ3v) is 1.16. The van der Waals surface area contributed by atoms with Crippen molar-refractivity contribution in [2.75, 3.05) is 11.9 Å². The van der Waals surface area contributed by atoms with Crippen molar-refractivity contribution < 1.29 is 4.39 Å². The Morgan fingerprint density at radius 1 is 1.70 bits per heavy atom. The summed E-state index contributed by atoms with van der Waals surface area (Å²) in [5.74, 6) is -0.246. The second-order valence-electron chi connectivity index (χ2n) is 1.92. The Hall–Kier alpha value is -1.05. The van der Waals surface area contributed by atoms with Crippen LogP contribution < -0.4 is 5.32 Å². The summed E-state index contributed by atoms with van der Waals surface area (Å²) in [5, 5.41) is 2.85. The second kappa shape index (κ2) is 3.20. The molecule has 0 saturated heterocycles. The Kier molecular flexibility index (Phi) is 2.26. The van der Waals surface area contributed by atoms with E-state index in [0.29, 0.717) is 5.69 Å². The third kappa shape index (κ3) is 1.47. The summed E-state index contributed by atoms with van der Waals surface area (Å²) in [6, 6.07) is 7.47. The van der Waals surface area contributed by atoms with Gasteiger partial charge in [-0.15, -0.1) is 0 Å². The van der Waals surface area contributed by atoms with Gasteiger partial charge in [-0.2, -0.15) is 0 Å². The van der Waals surface area contributed by atoms with Gasteiger partial charge in [0.25, 0.3) is 0 Å². The molecule has 10 heavy (non-hydrogen) atoms. The molecule has 1 rings (SSSR count). The van der Waals surface area contributed by atoms with Crippen LogP contribution in [0.4, 0.5) is 10.1 Å². The predicted octanol–water partition coefficient (Wildman–Crippen LogP) is 2.06. The van der Waals surface area contributed by atoms with Crippen molar-refractivity contribution in [1.82, 2.24) is 0 Å². The molecular formula is C8H9FN. The molecule has 0 aromatic heterocycles. The molecule has 53 valence electrons. The van der Waals surface area contributed by atoms with E-state index < -0.39 is 0 Å². The molecule has 1 N–H and O–H groups in total. The topological polar surface area (TPSA) is 12.0 Å². The molecule has 1 aromatic carbocycles. The van der Waals surface area contributed by atoms with Crippen LogP contribution in [0, 0.1) is 11.9 Å². The van der Waals surface area contributed by atoms with E-state index in [-0.39, 0.29) is 5.82 Å². The molecule has 0 aliphatic rings. The lowest BCUT2D eigenvalue weighted by Crippen LogP contribution is -1.98. The monoisotopic (exact) mass is 138 g/mol. The van der Waals surface area contributed by atoms with Crippen molar-refractivity contribution in [3.05, 3.63) is 30.1 Å². The molecule has 1 radical (unpaired) electrons. The molecule has 0 saturated carbocycles. The lowest BCUT2D eigenvalue weighted by molar-refractivity contribution is 0.630. The van der Waals surface area contributed by atoms with Crippen molar-refractivity contribution in [2.24, 2.45) is 0 Å². The molecule has 0 spiro atoms. The Bertz CT molecular complexity index is 210. The summed E-state index contributed by atoms with van der Waals surface area (Å²) in [6.07, 6.45) is 0. The Balaban J connectivity index is 2.81. The predicted molar refractivity (Wildman–Crippen MR) is 39.4 cm³/mol. The van der Waals surface area contributed by atoms with Crippen molar-refractivity contribution >= 4 is 5.69 Å². The summed E-state index contributed by atoms with van der Waals surface area (Å²) in [6.45, 7) is 2.64. The highest BCUT2D eigenvalue weighted by Crippen LogP contribution is 2.10. The van der Waals surface area contributed by atoms with Crippen LogP contribution in [-0.4, -0.2) is 6.54 Å². The average molecular weight is 138 g/mol. The van der Waals surface area contributed by atoms with Gasteiger partial charge in [-0.1, -0.05) is 12.1 Å². The number of benzene rings is 1. The van der Waals surface area contributed by atoms with E-state index in [2.05, 4.69) is 11.4 Å². The van der Waals surface area contributed by atoms with E-state index in [9.17, 15) is 4.39 Å². The van der Waals surface area contributed by atoms with Crippen molar-refractivity contribution in [1.29, 1.82) is 0 Å². The minimum Gasteiger partial charge on any atom is -0.382 e. The Labute approximate surface area is 59.9 Å². The molecule has 0 heterocycles. The summed E-state index contributed by atoms with van der Waals surface area (Å²) in [7, 11) is 0. The smallest absolute Gasteiger partial charge is 0.146 e. The summed E-state index contributed by atoms with van der Waals surface area (Å²) >= 11 is 0. The van der Waals surface area contributed by atoms with Gasteiger partial charge in [-0.3, -0.25) is 0 Å². The molecule has 1 nitrogen and oxygen atoms in total. The van der Waals surface area contributed by atoms with Gasteiger partial charge in [0.05, 0.1) is 5.69 Å². The van der Waals surface area contributed by atoms with E-state index in [1.807, 2.05) is 6.92 Å². The minimum absolute atomic E-state index is 0.246. The lowest BCUT2D eigenvalue weighted by Gasteiger charge is -2.01. The molecule has 0 atom stereocenters. The number of halogens is 1. The zero-order valence-corrected chi connectivity index (χ0v) is 5.82. The minimum atomic E-state index is -0.246. The molecular weight excluding hydrogens is 129 g/mol. The zero-order valence-electron chi connectivity index (χ0n) is 5.82. The summed E-state index contributed by atoms with van der Waals surface area (Å²) in [5.41, 5.74) is 0.449. The van der Waals surface area contributed by atoms with Crippen LogP contribution in [0.5, 0.6) is 0 Å². The van der Waals surface area contributed by atoms with Gasteiger partial charge in [0.15, 0.2) is 0 Å². The van der Waals surface area contributed by atoms with Crippen LogP contribution in [0.2, 0.25) is 0 Å². The first-order valence-electron chi connectivity index (χ1n) is 3.24. The number of hydrogen-bond acceptors (Lipinski definition) is 1. The zero-order chi connectivity index (χ0) is 7.40. The largest absolute Gasteiger partial charge is 0.382 e. The Morgan fingerprint density at radius 2 is 2.50 bits per heavy atom. The van der Waals surface area contributed by atoms with E-state index in [4.69, 9.17) is 0 Å². The standard InChI is InChI=1S/C8H9FN/c1-2-10-8-6-4-3-5-7(8)9/h3-5,10H,2H2,1H3. The van der Waals surface area contributed by atoms with E-state index >= 15 is 0 Å². The normalized spacial score (nSPS) is 9.40. The molecule has 0 unspecified atom stereocenters. The number of rotatable bonds is 2. The molecule has 1 aromatic rings. The number of anilines is 1. The maximum absolute atomic E-state index is 12.7. The van der Waals surface area contributed by atoms with E-state index in [0.717, 1.165) is 6.54 Å². The third-order valence-electron chi connectivity index (χ3n) is 1.16. The van der Waals surface area contributed by atoms with E-state index in [1.165, 1.54) is 6.07 Å². The molecule has 0 aliphatic carbocycles. The number of para-hydroxylation sites is 1. The van der Waals surface area contributed by atoms with Gasteiger partial charge in [0.1, 0.15) is 5.82 Å². The first-order valence-corrected chi connectivity index (χ1v) is 3.24. The van der Waals surface area contributed by atoms with Gasteiger partial charge in [-0.05, 0) is 13.0 Å². The quantitative estimate of drug-likeness (QED) is 0.659. The van der Waals surface area contributed by atoms with Gasteiger partial charge in [0.2, 0.25) is 0 Å². The van der Waals surface area contributed by atoms with Crippen LogP contribution in [0.15, 0.2) is 18.2 Å². The van der Waals surface area contributed by atoms with Gasteiger partial charge in [-0.25, -0.2) is 4.39 Å². The number of nitrogens with one attached hydrogen (secondary N) is 1. The van der Waals surface area contributed by atoms with Crippen LogP contribution in [0.25, 0.3) is 0 Å². The fourth-order valence-electron chi connectivity index (χ4n) is 0.729. The van der Waals surface area contributed by atoms with Gasteiger partial charge < -0.3 is 5.32 Å². The maximum atomic E-state index is 12.7. The summed E-state index contributed by atoms with van der Waals surface area (Å²) in [4.78, 5) is 0. The first-order chi connectivity index (χ1) is 4.84. The van der Waals surface area contributed by atoms with Gasteiger partial charge in [0, 0.05) is 12.6 Å². The maximum Gasteiger partial charge on any atom is 0.146 e. The van der Waals surface area contributed by atoms with Crippen molar-refractivity contribution in [3.63, 3.8) is 0 Å². The van der Waals surface area contributed by atoms with E-state index in [1.54, 1.807) is 12.1 Å². The SMILES string of the molecule is CCNc1[c]cccc1F. The average Bonchev–Trinajstić information content (AvgIpc) is 1.94.